The molecule has 4 saturated heterocycles. The van der Waals surface area contributed by atoms with E-state index in [1.165, 1.54) is 49.2 Å². The lowest BCUT2D eigenvalue weighted by atomic mass is 9.80. The van der Waals surface area contributed by atoms with Gasteiger partial charge >= 0.3 is 0 Å². The van der Waals surface area contributed by atoms with E-state index in [0.29, 0.717) is 6.17 Å². The molecule has 0 radical (unpaired) electrons. The topological polar surface area (TPSA) is 22.3 Å². The average Bonchev–Trinajstić information content (AvgIpc) is 2.80. The van der Waals surface area contributed by atoms with Gasteiger partial charge in [-0.05, 0) is 35.8 Å². The lowest BCUT2D eigenvalue weighted by molar-refractivity contribution is -0.126. The van der Waals surface area contributed by atoms with Gasteiger partial charge in [0, 0.05) is 37.4 Å². The molecule has 0 atom stereocenters. The minimum atomic E-state index is 0.500. The van der Waals surface area contributed by atoms with Gasteiger partial charge < -0.3 is 4.98 Å². The second kappa shape index (κ2) is 3.62. The fourth-order valence-corrected chi connectivity index (χ4v) is 4.62. The van der Waals surface area contributed by atoms with Gasteiger partial charge in [-0.3, -0.25) is 9.80 Å². The van der Waals surface area contributed by atoms with E-state index < -0.39 is 0 Å². The van der Waals surface area contributed by atoms with Crippen LogP contribution in [0, 0.1) is 11.8 Å². The molecule has 0 unspecified atom stereocenters. The Kier molecular flexibility index (Phi) is 1.99. The van der Waals surface area contributed by atoms with Crippen molar-refractivity contribution >= 4 is 10.9 Å². The first-order valence-electron chi connectivity index (χ1n) is 7.42. The summed E-state index contributed by atoms with van der Waals surface area (Å²) in [6, 6.07) is 11.0. The Labute approximate surface area is 113 Å². The third kappa shape index (κ3) is 1.46. The summed E-state index contributed by atoms with van der Waals surface area (Å²) in [6.45, 7) is 5.19. The van der Waals surface area contributed by atoms with Crippen molar-refractivity contribution in [2.75, 3.05) is 26.2 Å². The maximum absolute atomic E-state index is 3.64. The van der Waals surface area contributed by atoms with Crippen molar-refractivity contribution in [2.45, 2.75) is 12.6 Å². The molecule has 6 rings (SSSR count). The zero-order chi connectivity index (χ0) is 12.4. The monoisotopic (exact) mass is 253 g/mol. The molecular weight excluding hydrogens is 234 g/mol. The molecule has 3 nitrogen and oxygen atoms in total. The van der Waals surface area contributed by atoms with Crippen molar-refractivity contribution in [1.82, 2.24) is 14.8 Å². The van der Waals surface area contributed by atoms with Gasteiger partial charge in [-0.1, -0.05) is 18.2 Å². The second-order valence-electron chi connectivity index (χ2n) is 6.56. The largest absolute Gasteiger partial charge is 0.356 e. The Bertz CT molecular complexity index is 569. The molecule has 2 aromatic rings. The fraction of sp³-hybridized carbons (Fsp3) is 0.500. The summed E-state index contributed by atoms with van der Waals surface area (Å²) in [4.78, 5) is 9.02. The molecule has 0 spiro atoms. The third-order valence-electron chi connectivity index (χ3n) is 5.16. The molecule has 0 saturated carbocycles. The lowest BCUT2D eigenvalue weighted by Gasteiger charge is -2.57. The fourth-order valence-electron chi connectivity index (χ4n) is 4.62. The molecule has 1 aromatic heterocycles. The molecular formula is C16H19N3. The van der Waals surface area contributed by atoms with Gasteiger partial charge in [0.25, 0.3) is 0 Å². The van der Waals surface area contributed by atoms with Crippen LogP contribution in [-0.4, -0.2) is 41.0 Å². The van der Waals surface area contributed by atoms with Crippen LogP contribution in [0.25, 0.3) is 10.9 Å². The first-order valence-corrected chi connectivity index (χ1v) is 7.42. The molecule has 0 aliphatic carbocycles. The van der Waals surface area contributed by atoms with Crippen LogP contribution in [0.4, 0.5) is 0 Å². The van der Waals surface area contributed by atoms with E-state index in [2.05, 4.69) is 45.1 Å². The molecule has 4 aliphatic rings. The molecule has 19 heavy (non-hydrogen) atoms. The van der Waals surface area contributed by atoms with Crippen LogP contribution in [0.15, 0.2) is 30.3 Å². The van der Waals surface area contributed by atoms with E-state index in [-0.39, 0.29) is 0 Å². The number of piperidine rings is 2. The summed E-state index contributed by atoms with van der Waals surface area (Å²) in [5.74, 6) is 1.85. The number of benzene rings is 1. The number of para-hydroxylation sites is 1. The number of nitrogens with zero attached hydrogens (tertiary/aromatic N) is 2. The Morgan fingerprint density at radius 2 is 1.63 bits per heavy atom. The van der Waals surface area contributed by atoms with Crippen LogP contribution in [0.5, 0.6) is 0 Å². The highest BCUT2D eigenvalue weighted by Gasteiger charge is 2.46. The first kappa shape index (κ1) is 10.5. The number of rotatable bonds is 1. The van der Waals surface area contributed by atoms with Crippen molar-refractivity contribution in [3.8, 4) is 0 Å². The highest BCUT2D eigenvalue weighted by molar-refractivity contribution is 5.80. The minimum Gasteiger partial charge on any atom is -0.356 e. The van der Waals surface area contributed by atoms with Crippen LogP contribution < -0.4 is 0 Å². The van der Waals surface area contributed by atoms with Crippen molar-refractivity contribution in [2.24, 2.45) is 11.8 Å². The standard InChI is InChI=1S/C16H19N3/c1-2-4-14-13(3-1)6-15(17-14)16-18-7-11-5-12(9-18)10-19(16)8-11/h1-4,6,11-12,16-17H,5,7-10H2. The van der Waals surface area contributed by atoms with Gasteiger partial charge in [0.1, 0.15) is 6.17 Å². The number of aromatic amines is 1. The van der Waals surface area contributed by atoms with Gasteiger partial charge in [0.05, 0.1) is 0 Å². The number of hydrogen-bond acceptors (Lipinski definition) is 2. The second-order valence-corrected chi connectivity index (χ2v) is 6.56. The Balaban J connectivity index is 1.58. The van der Waals surface area contributed by atoms with Gasteiger partial charge in [0.2, 0.25) is 0 Å². The Morgan fingerprint density at radius 3 is 2.32 bits per heavy atom. The molecule has 0 amide bonds. The van der Waals surface area contributed by atoms with Gasteiger partial charge in [-0.25, -0.2) is 0 Å². The number of aromatic nitrogens is 1. The molecule has 98 valence electrons. The van der Waals surface area contributed by atoms with E-state index in [1.54, 1.807) is 0 Å². The minimum absolute atomic E-state index is 0.500. The third-order valence-corrected chi connectivity index (χ3v) is 5.16. The maximum atomic E-state index is 3.64. The molecule has 3 heteroatoms. The Morgan fingerprint density at radius 1 is 0.947 bits per heavy atom. The van der Waals surface area contributed by atoms with Crippen molar-refractivity contribution in [3.05, 3.63) is 36.0 Å². The average molecular weight is 253 g/mol. The number of nitrogens with one attached hydrogen (secondary N) is 1. The number of hydrogen-bond donors (Lipinski definition) is 1. The van der Waals surface area contributed by atoms with Crippen molar-refractivity contribution in [1.29, 1.82) is 0 Å². The molecule has 4 aliphatic heterocycles. The van der Waals surface area contributed by atoms with E-state index in [9.17, 15) is 0 Å². The summed E-state index contributed by atoms with van der Waals surface area (Å²) in [5, 5.41) is 1.34. The zero-order valence-corrected chi connectivity index (χ0v) is 11.0. The van der Waals surface area contributed by atoms with Crippen LogP contribution in [-0.2, 0) is 0 Å². The smallest absolute Gasteiger partial charge is 0.104 e. The highest BCUT2D eigenvalue weighted by atomic mass is 15.4. The Hall–Kier alpha value is -1.32. The van der Waals surface area contributed by atoms with E-state index in [4.69, 9.17) is 0 Å². The van der Waals surface area contributed by atoms with E-state index >= 15 is 0 Å². The van der Waals surface area contributed by atoms with Crippen LogP contribution >= 0.6 is 0 Å². The van der Waals surface area contributed by atoms with Crippen LogP contribution in [0.3, 0.4) is 0 Å². The predicted molar refractivity (Wildman–Crippen MR) is 75.8 cm³/mol. The number of fused-ring (bicyclic) bond motifs is 1. The maximum Gasteiger partial charge on any atom is 0.104 e. The SMILES string of the molecule is c1ccc2[nH]c(C3N4CC5CC(C4)CN3C5)cc2c1. The summed E-state index contributed by atoms with van der Waals surface area (Å²) in [7, 11) is 0. The van der Waals surface area contributed by atoms with Crippen LogP contribution in [0.2, 0.25) is 0 Å². The van der Waals surface area contributed by atoms with Gasteiger partial charge in [-0.15, -0.1) is 0 Å². The summed E-state index contributed by atoms with van der Waals surface area (Å²) in [5.41, 5.74) is 2.66. The molecule has 1 aromatic carbocycles. The highest BCUT2D eigenvalue weighted by Crippen LogP contribution is 2.43. The van der Waals surface area contributed by atoms with E-state index in [1.807, 2.05) is 0 Å². The van der Waals surface area contributed by atoms with E-state index in [0.717, 1.165) is 11.8 Å². The summed E-state index contributed by atoms with van der Waals surface area (Å²) < 4.78 is 0. The van der Waals surface area contributed by atoms with Gasteiger partial charge in [-0.2, -0.15) is 0 Å². The van der Waals surface area contributed by atoms with Gasteiger partial charge in [0.15, 0.2) is 0 Å². The molecule has 5 heterocycles. The number of H-pyrrole nitrogens is 1. The quantitative estimate of drug-likeness (QED) is 0.843. The first-order chi connectivity index (χ1) is 9.37. The lowest BCUT2D eigenvalue weighted by Crippen LogP contribution is -2.63. The predicted octanol–water partition coefficient (Wildman–Crippen LogP) is 2.43. The van der Waals surface area contributed by atoms with Crippen molar-refractivity contribution in [3.63, 3.8) is 0 Å². The van der Waals surface area contributed by atoms with Crippen LogP contribution in [0.1, 0.15) is 18.3 Å². The summed E-state index contributed by atoms with van der Waals surface area (Å²) in [6.07, 6.45) is 1.96. The van der Waals surface area contributed by atoms with Crippen molar-refractivity contribution < 1.29 is 0 Å². The normalized spacial score (nSPS) is 40.1. The zero-order valence-electron chi connectivity index (χ0n) is 11.0. The molecule has 4 fully saturated rings. The summed E-state index contributed by atoms with van der Waals surface area (Å²) >= 11 is 0. The molecule has 1 N–H and O–H groups in total. The molecule has 4 bridgehead atoms.